The van der Waals surface area contributed by atoms with Gasteiger partial charge in [-0.05, 0) is 45.0 Å². The molecule has 0 unspecified atom stereocenters. The van der Waals surface area contributed by atoms with E-state index < -0.39 is 0 Å². The Balaban J connectivity index is 1.63. The number of ether oxygens (including phenoxy) is 1. The lowest BCUT2D eigenvalue weighted by molar-refractivity contribution is -0.129. The average Bonchev–Trinajstić information content (AvgIpc) is 2.90. The van der Waals surface area contributed by atoms with Crippen LogP contribution in [0, 0.1) is 0 Å². The summed E-state index contributed by atoms with van der Waals surface area (Å²) in [5.41, 5.74) is 1.57. The Kier molecular flexibility index (Phi) is 9.24. The second-order valence-electron chi connectivity index (χ2n) is 10.4. The smallest absolute Gasteiger partial charge is 0.318 e. The fourth-order valence-electron chi connectivity index (χ4n) is 5.08. The number of amides is 1. The molecule has 0 saturated carbocycles. The highest BCUT2D eigenvalue weighted by Gasteiger charge is 2.28. The molecule has 2 aliphatic heterocycles. The number of phenolic OH excluding ortho intramolecular Hbond substituents is 1. The summed E-state index contributed by atoms with van der Waals surface area (Å²) in [5, 5.41) is 12.5. The summed E-state index contributed by atoms with van der Waals surface area (Å²) >= 11 is 0. The van der Waals surface area contributed by atoms with Crippen molar-refractivity contribution in [2.75, 3.05) is 64.9 Å². The lowest BCUT2D eigenvalue weighted by atomic mass is 10.1. The van der Waals surface area contributed by atoms with E-state index in [4.69, 9.17) is 14.7 Å². The number of carbonyl (C=O) groups is 1. The second-order valence-corrected chi connectivity index (χ2v) is 10.4. The largest absolute Gasteiger partial charge is 0.508 e. The van der Waals surface area contributed by atoms with E-state index in [0.29, 0.717) is 44.5 Å². The first-order valence-electron chi connectivity index (χ1n) is 13.5. The molecule has 9 nitrogen and oxygen atoms in total. The number of likely N-dealkylation sites (N-methyl/N-ethyl adjacent to an activating group) is 1. The van der Waals surface area contributed by atoms with Gasteiger partial charge in [-0.3, -0.25) is 4.79 Å². The van der Waals surface area contributed by atoms with Gasteiger partial charge in [0.05, 0.1) is 12.2 Å². The molecule has 0 aliphatic carbocycles. The van der Waals surface area contributed by atoms with Gasteiger partial charge in [0.1, 0.15) is 18.2 Å². The zero-order valence-electron chi connectivity index (χ0n) is 23.3. The Morgan fingerprint density at radius 1 is 1.18 bits per heavy atom. The van der Waals surface area contributed by atoms with Crippen LogP contribution in [0.1, 0.15) is 19.8 Å². The second kappa shape index (κ2) is 12.8. The molecule has 2 aromatic rings. The molecule has 0 spiro atoms. The van der Waals surface area contributed by atoms with Gasteiger partial charge in [0.2, 0.25) is 5.91 Å². The number of hydrogen-bond donors (Lipinski definition) is 1. The maximum atomic E-state index is 12.3. The van der Waals surface area contributed by atoms with Gasteiger partial charge in [-0.2, -0.15) is 9.98 Å². The molecule has 2 heterocycles. The fourth-order valence-corrected chi connectivity index (χ4v) is 5.08. The van der Waals surface area contributed by atoms with E-state index in [2.05, 4.69) is 29.0 Å². The number of nitrogens with zero attached hydrogens (tertiary/aromatic N) is 6. The number of amidine groups is 2. The number of carbonyl (C=O) groups excluding carboxylic acids is 1. The normalized spacial score (nSPS) is 21.8. The molecule has 0 radical (unpaired) electrons. The zero-order valence-corrected chi connectivity index (χ0v) is 23.3. The van der Waals surface area contributed by atoms with Crippen LogP contribution >= 0.6 is 0 Å². The molecule has 208 valence electrons. The molecular formula is C30H40N6O3. The molecule has 0 bridgehead atoms. The van der Waals surface area contributed by atoms with Crippen LogP contribution in [0.5, 0.6) is 5.75 Å². The van der Waals surface area contributed by atoms with Crippen molar-refractivity contribution in [3.8, 4) is 5.75 Å². The topological polar surface area (TPSA) is 84.2 Å². The summed E-state index contributed by atoms with van der Waals surface area (Å²) in [6.07, 6.45) is 2.93. The third kappa shape index (κ3) is 7.17. The van der Waals surface area contributed by atoms with Crippen LogP contribution in [0.4, 0.5) is 5.69 Å². The van der Waals surface area contributed by atoms with E-state index in [-0.39, 0.29) is 17.7 Å². The molecule has 1 saturated heterocycles. The number of aromatic hydroxyl groups is 1. The highest BCUT2D eigenvalue weighted by Crippen LogP contribution is 2.32. The van der Waals surface area contributed by atoms with E-state index in [0.717, 1.165) is 48.2 Å². The highest BCUT2D eigenvalue weighted by molar-refractivity contribution is 5.96. The van der Waals surface area contributed by atoms with Crippen LogP contribution in [0.2, 0.25) is 0 Å². The van der Waals surface area contributed by atoms with Gasteiger partial charge in [0.15, 0.2) is 0 Å². The maximum Gasteiger partial charge on any atom is 0.318 e. The van der Waals surface area contributed by atoms with Gasteiger partial charge in [-0.1, -0.05) is 37.4 Å². The van der Waals surface area contributed by atoms with Crippen LogP contribution in [-0.2, 0) is 9.53 Å². The first-order chi connectivity index (χ1) is 18.7. The van der Waals surface area contributed by atoms with Crippen LogP contribution in [0.25, 0.3) is 10.8 Å². The van der Waals surface area contributed by atoms with Crippen molar-refractivity contribution >= 4 is 34.2 Å². The summed E-state index contributed by atoms with van der Waals surface area (Å²) in [5.74, 6) is 1.08. The number of anilines is 1. The molecule has 0 aromatic heterocycles. The number of rotatable bonds is 5. The summed E-state index contributed by atoms with van der Waals surface area (Å²) < 4.78 is 6.05. The number of piperazine rings is 1. The maximum absolute atomic E-state index is 12.3. The fraction of sp³-hybridized carbons (Fsp3) is 0.433. The van der Waals surface area contributed by atoms with E-state index in [1.807, 2.05) is 55.1 Å². The van der Waals surface area contributed by atoms with Crippen LogP contribution in [-0.4, -0.2) is 104 Å². The van der Waals surface area contributed by atoms with E-state index in [1.165, 1.54) is 6.08 Å². The molecule has 2 aromatic carbocycles. The van der Waals surface area contributed by atoms with Crippen LogP contribution in [0.15, 0.2) is 71.3 Å². The zero-order chi connectivity index (χ0) is 27.9. The molecule has 39 heavy (non-hydrogen) atoms. The lowest BCUT2D eigenvalue weighted by Gasteiger charge is -2.41. The van der Waals surface area contributed by atoms with Crippen LogP contribution in [0.3, 0.4) is 0 Å². The lowest BCUT2D eigenvalue weighted by Crippen LogP contribution is -2.55. The third-order valence-electron chi connectivity index (χ3n) is 7.07. The summed E-state index contributed by atoms with van der Waals surface area (Å²) in [6.45, 7) is 14.3. The van der Waals surface area contributed by atoms with Crippen molar-refractivity contribution < 1.29 is 14.6 Å². The van der Waals surface area contributed by atoms with E-state index >= 15 is 0 Å². The van der Waals surface area contributed by atoms with Gasteiger partial charge in [0.25, 0.3) is 0 Å². The number of hydrogen-bond acceptors (Lipinski definition) is 8. The molecule has 2 aliphatic rings. The predicted octanol–water partition coefficient (Wildman–Crippen LogP) is 3.71. The van der Waals surface area contributed by atoms with Gasteiger partial charge >= 0.3 is 6.02 Å². The van der Waals surface area contributed by atoms with E-state index in [9.17, 15) is 9.90 Å². The molecule has 1 atom stereocenters. The first kappa shape index (κ1) is 28.2. The van der Waals surface area contributed by atoms with Crippen molar-refractivity contribution in [3.63, 3.8) is 0 Å². The van der Waals surface area contributed by atoms with E-state index in [1.54, 1.807) is 6.07 Å². The predicted molar refractivity (Wildman–Crippen MR) is 159 cm³/mol. The quantitative estimate of drug-likeness (QED) is 0.591. The number of fused-ring (bicyclic) bond motifs is 1. The minimum absolute atomic E-state index is 0.0301. The van der Waals surface area contributed by atoms with Crippen molar-refractivity contribution in [2.24, 2.45) is 9.98 Å². The molecule has 1 amide bonds. The molecule has 9 heteroatoms. The number of aliphatic imine (C=N–C) groups is 2. The van der Waals surface area contributed by atoms with Crippen molar-refractivity contribution in [1.29, 1.82) is 0 Å². The van der Waals surface area contributed by atoms with Crippen LogP contribution < -0.4 is 4.90 Å². The summed E-state index contributed by atoms with van der Waals surface area (Å²) in [6, 6.07) is 12.0. The monoisotopic (exact) mass is 532 g/mol. The summed E-state index contributed by atoms with van der Waals surface area (Å²) in [4.78, 5) is 30.3. The standard InChI is InChI=1S/C30H40N6O3/c1-6-29(38)36-15-14-35(21-23(36)3)28-12-9-13-34(20-22(2)31-30(32-28)39-17-16-33(4)5)27-19-25(37)18-24-10-7-8-11-26(24)27/h6-8,10-11,18-19,23,37H,1-2,9,12-17,20-21H2,3-5H3/b31-30+,32-28+/t23-/m0/s1. The number of benzene rings is 2. The molecule has 1 N–H and O–H groups in total. The highest BCUT2D eigenvalue weighted by atomic mass is 16.5. The minimum atomic E-state index is -0.0467. The SMILES string of the molecule is C=CC(=O)N1CCN(/C2=N/C(OCCN(C)C)=N\C(=C)CN(c3cc(O)cc4ccccc34)CCC2)C[C@@H]1C. The average molecular weight is 533 g/mol. The van der Waals surface area contributed by atoms with Crippen molar-refractivity contribution in [3.05, 3.63) is 61.3 Å². The van der Waals surface area contributed by atoms with Gasteiger partial charge in [0, 0.05) is 62.3 Å². The van der Waals surface area contributed by atoms with Gasteiger partial charge in [-0.15, -0.1) is 0 Å². The Morgan fingerprint density at radius 2 is 1.97 bits per heavy atom. The summed E-state index contributed by atoms with van der Waals surface area (Å²) in [7, 11) is 3.99. The molecule has 4 rings (SSSR count). The Hall–Kier alpha value is -3.85. The molecular weight excluding hydrogens is 492 g/mol. The molecule has 1 fully saturated rings. The Labute approximate surface area is 231 Å². The van der Waals surface area contributed by atoms with Gasteiger partial charge in [-0.25, -0.2) is 0 Å². The minimum Gasteiger partial charge on any atom is -0.508 e. The first-order valence-corrected chi connectivity index (χ1v) is 13.5. The van der Waals surface area contributed by atoms with Gasteiger partial charge < -0.3 is 29.4 Å². The van der Waals surface area contributed by atoms with Crippen molar-refractivity contribution in [2.45, 2.75) is 25.8 Å². The Morgan fingerprint density at radius 3 is 2.72 bits per heavy atom. The Bertz CT molecular complexity index is 1270. The number of phenols is 1. The third-order valence-corrected chi connectivity index (χ3v) is 7.07. The van der Waals surface area contributed by atoms with Crippen molar-refractivity contribution in [1.82, 2.24) is 14.7 Å².